The molecule has 0 fully saturated rings. The van der Waals surface area contributed by atoms with Crippen molar-refractivity contribution in [3.8, 4) is 0 Å². The number of fused-ring (bicyclic) bond motifs is 1. The number of hydrogen-bond donors (Lipinski definition) is 1. The molecule has 2 aromatic carbocycles. The van der Waals surface area contributed by atoms with E-state index in [0.717, 1.165) is 0 Å². The molecule has 0 unspecified atom stereocenters. The molecule has 1 aliphatic heterocycles. The van der Waals surface area contributed by atoms with E-state index >= 15 is 0 Å². The second-order valence-corrected chi connectivity index (χ2v) is 5.52. The highest BCUT2D eigenvalue weighted by Gasteiger charge is 2.41. The molecule has 120 valence electrons. The molecule has 1 aliphatic rings. The summed E-state index contributed by atoms with van der Waals surface area (Å²) in [6.45, 7) is -0.421. The summed E-state index contributed by atoms with van der Waals surface area (Å²) in [7, 11) is 0. The first-order chi connectivity index (χ1) is 10.9. The number of halogens is 5. The number of benzodiazepines with no additional fused rings is 1. The van der Waals surface area contributed by atoms with E-state index < -0.39 is 24.6 Å². The zero-order valence-electron chi connectivity index (χ0n) is 11.7. The normalized spacial score (nSPS) is 17.8. The van der Waals surface area contributed by atoms with Gasteiger partial charge in [-0.2, -0.15) is 13.2 Å². The number of aliphatic imine (C=N–C) groups is 1. The van der Waals surface area contributed by atoms with E-state index in [2.05, 4.69) is 10.3 Å². The van der Waals surface area contributed by atoms with Crippen LogP contribution in [0.2, 0.25) is 5.02 Å². The molecular formula is C16H11ClF4N2. The van der Waals surface area contributed by atoms with E-state index in [0.29, 0.717) is 16.3 Å². The lowest BCUT2D eigenvalue weighted by Crippen LogP contribution is -2.33. The highest BCUT2D eigenvalue weighted by Crippen LogP contribution is 2.32. The molecule has 0 saturated heterocycles. The third kappa shape index (κ3) is 3.17. The number of nitrogens with one attached hydrogen (secondary N) is 1. The lowest BCUT2D eigenvalue weighted by atomic mass is 10.00. The van der Waals surface area contributed by atoms with Gasteiger partial charge in [0.05, 0.1) is 5.71 Å². The van der Waals surface area contributed by atoms with E-state index in [1.165, 1.54) is 24.3 Å². The molecular weight excluding hydrogens is 332 g/mol. The fourth-order valence-corrected chi connectivity index (χ4v) is 2.57. The molecule has 2 nitrogen and oxygen atoms in total. The van der Waals surface area contributed by atoms with Crippen molar-refractivity contribution in [3.05, 3.63) is 64.4 Å². The molecule has 7 heteroatoms. The summed E-state index contributed by atoms with van der Waals surface area (Å²) >= 11 is 5.95. The molecule has 3 rings (SSSR count). The summed E-state index contributed by atoms with van der Waals surface area (Å²) < 4.78 is 53.6. The maximum atomic E-state index is 14.1. The smallest absolute Gasteiger partial charge is 0.382 e. The minimum absolute atomic E-state index is 0.00830. The maximum absolute atomic E-state index is 14.1. The van der Waals surface area contributed by atoms with E-state index in [1.807, 2.05) is 0 Å². The molecule has 0 radical (unpaired) electrons. The van der Waals surface area contributed by atoms with Crippen LogP contribution in [0, 0.1) is 5.82 Å². The van der Waals surface area contributed by atoms with E-state index in [4.69, 9.17) is 11.6 Å². The third-order valence-corrected chi connectivity index (χ3v) is 3.75. The Hall–Kier alpha value is -2.08. The van der Waals surface area contributed by atoms with Crippen LogP contribution < -0.4 is 5.32 Å². The molecule has 23 heavy (non-hydrogen) atoms. The van der Waals surface area contributed by atoms with Gasteiger partial charge in [0, 0.05) is 28.4 Å². The van der Waals surface area contributed by atoms with Crippen molar-refractivity contribution in [2.24, 2.45) is 4.99 Å². The Morgan fingerprint density at radius 1 is 1.09 bits per heavy atom. The highest BCUT2D eigenvalue weighted by atomic mass is 35.5. The second-order valence-electron chi connectivity index (χ2n) is 5.09. The van der Waals surface area contributed by atoms with Crippen LogP contribution >= 0.6 is 11.6 Å². The van der Waals surface area contributed by atoms with Crippen LogP contribution in [0.5, 0.6) is 0 Å². The van der Waals surface area contributed by atoms with Gasteiger partial charge in [0.25, 0.3) is 0 Å². The van der Waals surface area contributed by atoms with Crippen molar-refractivity contribution in [1.29, 1.82) is 0 Å². The first kappa shape index (κ1) is 15.8. The summed E-state index contributed by atoms with van der Waals surface area (Å²) in [6, 6.07) is 8.23. The van der Waals surface area contributed by atoms with Crippen LogP contribution in [0.15, 0.2) is 47.5 Å². The molecule has 2 aromatic rings. The fourth-order valence-electron chi connectivity index (χ4n) is 2.40. The number of anilines is 1. The summed E-state index contributed by atoms with van der Waals surface area (Å²) in [6.07, 6.45) is -4.53. The number of nitrogens with zero attached hydrogens (tertiary/aromatic N) is 1. The van der Waals surface area contributed by atoms with Crippen molar-refractivity contribution in [2.45, 2.75) is 12.2 Å². The molecule has 1 atom stereocenters. The van der Waals surface area contributed by atoms with Gasteiger partial charge in [-0.15, -0.1) is 0 Å². The van der Waals surface area contributed by atoms with Gasteiger partial charge in [0.15, 0.2) is 6.04 Å². The van der Waals surface area contributed by atoms with Gasteiger partial charge < -0.3 is 5.32 Å². The SMILES string of the molecule is Fc1ccccc1C1=N[C@@H](C(F)(F)F)CNc2ccc(Cl)cc21. The Bertz CT molecular complexity index is 771. The highest BCUT2D eigenvalue weighted by molar-refractivity contribution is 6.31. The van der Waals surface area contributed by atoms with E-state index in [1.54, 1.807) is 18.2 Å². The number of rotatable bonds is 1. The number of benzene rings is 2. The lowest BCUT2D eigenvalue weighted by Gasteiger charge is -2.15. The van der Waals surface area contributed by atoms with Crippen molar-refractivity contribution in [1.82, 2.24) is 0 Å². The average molecular weight is 343 g/mol. The Labute approximate surface area is 134 Å². The Kier molecular flexibility index (Phi) is 4.02. The minimum atomic E-state index is -4.53. The van der Waals surface area contributed by atoms with Crippen molar-refractivity contribution >= 4 is 23.0 Å². The average Bonchev–Trinajstić information content (AvgIpc) is 2.67. The zero-order valence-corrected chi connectivity index (χ0v) is 12.4. The van der Waals surface area contributed by atoms with Crippen molar-refractivity contribution in [3.63, 3.8) is 0 Å². The summed E-state index contributed by atoms with van der Waals surface area (Å²) in [5, 5.41) is 3.05. The fraction of sp³-hybridized carbons (Fsp3) is 0.188. The van der Waals surface area contributed by atoms with Crippen LogP contribution in [-0.4, -0.2) is 24.5 Å². The number of hydrogen-bond acceptors (Lipinski definition) is 2. The van der Waals surface area contributed by atoms with Gasteiger partial charge in [0.1, 0.15) is 5.82 Å². The molecule has 0 amide bonds. The van der Waals surface area contributed by atoms with Crippen molar-refractivity contribution in [2.75, 3.05) is 11.9 Å². The van der Waals surface area contributed by atoms with E-state index in [9.17, 15) is 17.6 Å². The first-order valence-corrected chi connectivity index (χ1v) is 7.17. The molecule has 1 N–H and O–H groups in total. The zero-order chi connectivity index (χ0) is 16.6. The molecule has 0 saturated carbocycles. The minimum Gasteiger partial charge on any atom is -0.382 e. The molecule has 0 spiro atoms. The maximum Gasteiger partial charge on any atom is 0.412 e. The predicted molar refractivity (Wildman–Crippen MR) is 81.8 cm³/mol. The summed E-state index contributed by atoms with van der Waals surface area (Å²) in [5.74, 6) is -0.639. The molecule has 0 aromatic heterocycles. The Balaban J connectivity index is 2.23. The van der Waals surface area contributed by atoms with Crippen LogP contribution in [-0.2, 0) is 0 Å². The lowest BCUT2D eigenvalue weighted by molar-refractivity contribution is -0.143. The topological polar surface area (TPSA) is 24.4 Å². The number of alkyl halides is 3. The summed E-state index contributed by atoms with van der Waals surface area (Å²) in [5.41, 5.74) is 0.722. The standard InChI is InChI=1S/C16H11ClF4N2/c17-9-5-6-13-11(7-9)15(10-3-1-2-4-12(10)18)23-14(8-22-13)16(19,20)21/h1-7,14,22H,8H2/t14-/m1/s1. The Morgan fingerprint density at radius 2 is 1.83 bits per heavy atom. The summed E-state index contributed by atoms with van der Waals surface area (Å²) in [4.78, 5) is 3.79. The van der Waals surface area contributed by atoms with Crippen LogP contribution in [0.1, 0.15) is 11.1 Å². The van der Waals surface area contributed by atoms with E-state index in [-0.39, 0.29) is 11.3 Å². The molecule has 0 bridgehead atoms. The largest absolute Gasteiger partial charge is 0.412 e. The van der Waals surface area contributed by atoms with Gasteiger partial charge in [-0.1, -0.05) is 23.7 Å². The van der Waals surface area contributed by atoms with Gasteiger partial charge in [-0.25, -0.2) is 4.39 Å². The van der Waals surface area contributed by atoms with Gasteiger partial charge in [-0.3, -0.25) is 4.99 Å². The quantitative estimate of drug-likeness (QED) is 0.748. The van der Waals surface area contributed by atoms with Gasteiger partial charge in [0.2, 0.25) is 0 Å². The van der Waals surface area contributed by atoms with Crippen LogP contribution in [0.4, 0.5) is 23.2 Å². The van der Waals surface area contributed by atoms with Gasteiger partial charge >= 0.3 is 6.18 Å². The first-order valence-electron chi connectivity index (χ1n) is 6.79. The molecule has 0 aliphatic carbocycles. The van der Waals surface area contributed by atoms with Crippen molar-refractivity contribution < 1.29 is 17.6 Å². The molecule has 1 heterocycles. The monoisotopic (exact) mass is 342 g/mol. The van der Waals surface area contributed by atoms with Crippen LogP contribution in [0.3, 0.4) is 0 Å². The second kappa shape index (κ2) is 5.85. The predicted octanol–water partition coefficient (Wildman–Crippen LogP) is 4.67. The Morgan fingerprint density at radius 3 is 2.52 bits per heavy atom. The third-order valence-electron chi connectivity index (χ3n) is 3.51. The van der Waals surface area contributed by atoms with Crippen LogP contribution in [0.25, 0.3) is 0 Å². The van der Waals surface area contributed by atoms with Gasteiger partial charge in [-0.05, 0) is 30.3 Å².